The summed E-state index contributed by atoms with van der Waals surface area (Å²) < 4.78 is 11.4. The van der Waals surface area contributed by atoms with Crippen molar-refractivity contribution in [2.24, 2.45) is 0 Å². The van der Waals surface area contributed by atoms with Crippen LogP contribution in [0.15, 0.2) is 34.8 Å². The molecular formula is C15H14BrCl2NO2. The van der Waals surface area contributed by atoms with Crippen LogP contribution in [-0.4, -0.2) is 14.2 Å². The second-order valence-corrected chi connectivity index (χ2v) is 5.90. The number of anilines is 1. The van der Waals surface area contributed by atoms with E-state index in [1.54, 1.807) is 14.2 Å². The molecule has 0 aliphatic carbocycles. The molecule has 0 fully saturated rings. The maximum absolute atomic E-state index is 6.34. The number of methoxy groups -OCH3 is 2. The predicted octanol–water partition coefficient (Wildman–Crippen LogP) is 5.39. The second-order valence-electron chi connectivity index (χ2n) is 4.26. The fourth-order valence-corrected chi connectivity index (χ4v) is 2.60. The Bertz CT molecular complexity index is 650. The first kappa shape index (κ1) is 16.3. The molecule has 2 aromatic rings. The van der Waals surface area contributed by atoms with E-state index in [1.165, 1.54) is 0 Å². The minimum atomic E-state index is 0.535. The molecule has 2 rings (SSSR count). The van der Waals surface area contributed by atoms with E-state index in [0.29, 0.717) is 28.1 Å². The Morgan fingerprint density at radius 2 is 1.86 bits per heavy atom. The maximum Gasteiger partial charge on any atom is 0.179 e. The van der Waals surface area contributed by atoms with Gasteiger partial charge in [0.25, 0.3) is 0 Å². The van der Waals surface area contributed by atoms with E-state index in [4.69, 9.17) is 32.7 Å². The lowest BCUT2D eigenvalue weighted by Crippen LogP contribution is -2.02. The fourth-order valence-electron chi connectivity index (χ4n) is 1.87. The molecular weight excluding hydrogens is 377 g/mol. The van der Waals surface area contributed by atoms with Crippen molar-refractivity contribution in [1.29, 1.82) is 0 Å². The van der Waals surface area contributed by atoms with E-state index in [9.17, 15) is 0 Å². The largest absolute Gasteiger partial charge is 0.493 e. The molecule has 112 valence electrons. The van der Waals surface area contributed by atoms with Crippen LogP contribution in [0.25, 0.3) is 0 Å². The smallest absolute Gasteiger partial charge is 0.179 e. The van der Waals surface area contributed by atoms with Gasteiger partial charge >= 0.3 is 0 Å². The Morgan fingerprint density at radius 3 is 2.48 bits per heavy atom. The molecule has 0 aliphatic heterocycles. The van der Waals surface area contributed by atoms with Crippen LogP contribution in [0, 0.1) is 0 Å². The monoisotopic (exact) mass is 389 g/mol. The van der Waals surface area contributed by atoms with Gasteiger partial charge in [0.05, 0.1) is 24.3 Å². The molecule has 0 bridgehead atoms. The Balaban J connectivity index is 2.18. The Hall–Kier alpha value is -1.10. The fraction of sp³-hybridized carbons (Fsp3) is 0.200. The van der Waals surface area contributed by atoms with Crippen LogP contribution >= 0.6 is 39.1 Å². The lowest BCUT2D eigenvalue weighted by molar-refractivity contribution is 0.355. The highest BCUT2D eigenvalue weighted by Gasteiger charge is 2.12. The van der Waals surface area contributed by atoms with E-state index in [2.05, 4.69) is 21.2 Å². The van der Waals surface area contributed by atoms with Gasteiger partial charge < -0.3 is 14.8 Å². The zero-order chi connectivity index (χ0) is 15.4. The van der Waals surface area contributed by atoms with Crippen molar-refractivity contribution in [1.82, 2.24) is 0 Å². The summed E-state index contributed by atoms with van der Waals surface area (Å²) in [4.78, 5) is 0. The normalized spacial score (nSPS) is 10.3. The molecule has 0 atom stereocenters. The number of rotatable bonds is 5. The predicted molar refractivity (Wildman–Crippen MR) is 91.0 cm³/mol. The molecule has 0 heterocycles. The summed E-state index contributed by atoms with van der Waals surface area (Å²) in [7, 11) is 3.14. The zero-order valence-corrected chi connectivity index (χ0v) is 14.6. The summed E-state index contributed by atoms with van der Waals surface area (Å²) in [5.74, 6) is 1.14. The molecule has 0 unspecified atom stereocenters. The van der Waals surface area contributed by atoms with Crippen LogP contribution in [-0.2, 0) is 6.54 Å². The Kier molecular flexibility index (Phi) is 5.62. The van der Waals surface area contributed by atoms with Gasteiger partial charge in [0, 0.05) is 16.7 Å². The zero-order valence-electron chi connectivity index (χ0n) is 11.5. The number of ether oxygens (including phenoxy) is 2. The van der Waals surface area contributed by atoms with Crippen LogP contribution in [0.3, 0.4) is 0 Å². The quantitative estimate of drug-likeness (QED) is 0.742. The molecule has 2 aromatic carbocycles. The first-order chi connectivity index (χ1) is 10.1. The number of benzene rings is 2. The van der Waals surface area contributed by atoms with Gasteiger partial charge in [0.15, 0.2) is 11.5 Å². The molecule has 6 heteroatoms. The third-order valence-electron chi connectivity index (χ3n) is 2.97. The first-order valence-electron chi connectivity index (χ1n) is 6.15. The van der Waals surface area contributed by atoms with Gasteiger partial charge in [-0.1, -0.05) is 29.3 Å². The van der Waals surface area contributed by atoms with Gasteiger partial charge in [-0.15, -0.1) is 0 Å². The van der Waals surface area contributed by atoms with Crippen molar-refractivity contribution < 1.29 is 9.47 Å². The molecule has 21 heavy (non-hydrogen) atoms. The molecule has 3 nitrogen and oxygen atoms in total. The van der Waals surface area contributed by atoms with Crippen molar-refractivity contribution in [2.75, 3.05) is 19.5 Å². The topological polar surface area (TPSA) is 30.5 Å². The summed E-state index contributed by atoms with van der Waals surface area (Å²) in [5.41, 5.74) is 1.82. The average molecular weight is 391 g/mol. The Morgan fingerprint density at radius 1 is 1.10 bits per heavy atom. The summed E-state index contributed by atoms with van der Waals surface area (Å²) >= 11 is 15.8. The van der Waals surface area contributed by atoms with Gasteiger partial charge in [0.2, 0.25) is 0 Å². The molecule has 0 aromatic heterocycles. The third-order valence-corrected chi connectivity index (χ3v) is 4.61. The first-order valence-corrected chi connectivity index (χ1v) is 7.70. The highest BCUT2D eigenvalue weighted by atomic mass is 79.9. The van der Waals surface area contributed by atoms with Crippen LogP contribution in [0.2, 0.25) is 10.0 Å². The molecule has 1 N–H and O–H groups in total. The van der Waals surface area contributed by atoms with Crippen molar-refractivity contribution in [3.05, 3.63) is 50.4 Å². The average Bonchev–Trinajstić information content (AvgIpc) is 2.49. The summed E-state index contributed by atoms with van der Waals surface area (Å²) in [6.45, 7) is 0.553. The van der Waals surface area contributed by atoms with Gasteiger partial charge in [-0.05, 0) is 45.8 Å². The molecule has 0 aliphatic rings. The molecule has 0 saturated carbocycles. The molecule has 0 amide bonds. The Labute approximate surface area is 142 Å². The van der Waals surface area contributed by atoms with E-state index in [0.717, 1.165) is 15.7 Å². The maximum atomic E-state index is 6.34. The van der Waals surface area contributed by atoms with Gasteiger partial charge in [-0.2, -0.15) is 0 Å². The van der Waals surface area contributed by atoms with E-state index in [1.807, 2.05) is 30.3 Å². The standard InChI is InChI=1S/C15H14BrCl2NO2/c1-20-13-6-3-9(14(18)15(13)21-2)8-19-10-4-5-11(16)12(17)7-10/h3-7,19H,8H2,1-2H3. The van der Waals surface area contributed by atoms with Gasteiger partial charge in [-0.3, -0.25) is 0 Å². The SMILES string of the molecule is COc1ccc(CNc2ccc(Br)c(Cl)c2)c(Cl)c1OC. The van der Waals surface area contributed by atoms with Crippen molar-refractivity contribution in [3.63, 3.8) is 0 Å². The van der Waals surface area contributed by atoms with Crippen LogP contribution in [0.1, 0.15) is 5.56 Å². The van der Waals surface area contributed by atoms with Crippen LogP contribution < -0.4 is 14.8 Å². The molecule has 0 radical (unpaired) electrons. The number of halogens is 3. The van der Waals surface area contributed by atoms with Crippen molar-refractivity contribution in [2.45, 2.75) is 6.54 Å². The lowest BCUT2D eigenvalue weighted by Gasteiger charge is -2.14. The minimum absolute atomic E-state index is 0.535. The molecule has 0 spiro atoms. The highest BCUT2D eigenvalue weighted by molar-refractivity contribution is 9.10. The number of hydrogen-bond acceptors (Lipinski definition) is 3. The van der Waals surface area contributed by atoms with E-state index >= 15 is 0 Å². The molecule has 0 saturated heterocycles. The van der Waals surface area contributed by atoms with Crippen molar-refractivity contribution >= 4 is 44.8 Å². The van der Waals surface area contributed by atoms with Crippen molar-refractivity contribution in [3.8, 4) is 11.5 Å². The minimum Gasteiger partial charge on any atom is -0.493 e. The van der Waals surface area contributed by atoms with Gasteiger partial charge in [-0.25, -0.2) is 0 Å². The summed E-state index contributed by atoms with van der Waals surface area (Å²) in [6, 6.07) is 9.40. The summed E-state index contributed by atoms with van der Waals surface area (Å²) in [6.07, 6.45) is 0. The third kappa shape index (κ3) is 3.76. The highest BCUT2D eigenvalue weighted by Crippen LogP contribution is 2.37. The number of nitrogens with one attached hydrogen (secondary N) is 1. The van der Waals surface area contributed by atoms with Gasteiger partial charge in [0.1, 0.15) is 0 Å². The number of hydrogen-bond donors (Lipinski definition) is 1. The van der Waals surface area contributed by atoms with Crippen LogP contribution in [0.4, 0.5) is 5.69 Å². The second kappa shape index (κ2) is 7.25. The van der Waals surface area contributed by atoms with Crippen LogP contribution in [0.5, 0.6) is 11.5 Å². The summed E-state index contributed by atoms with van der Waals surface area (Å²) in [5, 5.41) is 4.46. The van der Waals surface area contributed by atoms with E-state index in [-0.39, 0.29) is 0 Å². The lowest BCUT2D eigenvalue weighted by atomic mass is 10.2. The van der Waals surface area contributed by atoms with E-state index < -0.39 is 0 Å².